The van der Waals surface area contributed by atoms with Gasteiger partial charge < -0.3 is 14.8 Å². The van der Waals surface area contributed by atoms with Crippen LogP contribution in [0, 0.1) is 5.82 Å². The molecule has 9 heteroatoms. The lowest BCUT2D eigenvalue weighted by Gasteiger charge is -2.22. The Morgan fingerprint density at radius 3 is 2.42 bits per heavy atom. The number of anilines is 2. The van der Waals surface area contributed by atoms with Gasteiger partial charge in [-0.05, 0) is 36.4 Å². The maximum atomic E-state index is 13.1. The molecule has 0 aliphatic carbocycles. The number of sulfonamides is 1. The van der Waals surface area contributed by atoms with Crippen LogP contribution in [0.4, 0.5) is 15.8 Å². The highest BCUT2D eigenvalue weighted by Crippen LogP contribution is 2.32. The molecule has 1 N–H and O–H groups in total. The maximum absolute atomic E-state index is 13.1. The molecule has 138 valence electrons. The molecule has 0 aromatic heterocycles. The zero-order valence-corrected chi connectivity index (χ0v) is 14.8. The van der Waals surface area contributed by atoms with Crippen LogP contribution < -0.4 is 19.1 Å². The van der Waals surface area contributed by atoms with E-state index in [1.807, 2.05) is 0 Å². The van der Waals surface area contributed by atoms with E-state index in [4.69, 9.17) is 9.47 Å². The molecular weight excluding hydrogens is 363 g/mol. The number of carbonyl (C=O) groups excluding carboxylic acids is 1. The molecule has 1 heterocycles. The van der Waals surface area contributed by atoms with Crippen molar-refractivity contribution in [1.29, 1.82) is 0 Å². The van der Waals surface area contributed by atoms with E-state index >= 15 is 0 Å². The van der Waals surface area contributed by atoms with E-state index in [-0.39, 0.29) is 5.69 Å². The molecular formula is C17H17FN2O5S. The average molecular weight is 380 g/mol. The normalized spacial score (nSPS) is 13.2. The molecule has 0 unspecified atom stereocenters. The highest BCUT2D eigenvalue weighted by Gasteiger charge is 2.21. The number of halogens is 1. The first-order chi connectivity index (χ1) is 12.3. The fourth-order valence-electron chi connectivity index (χ4n) is 2.46. The van der Waals surface area contributed by atoms with Crippen LogP contribution in [-0.4, -0.2) is 40.3 Å². The summed E-state index contributed by atoms with van der Waals surface area (Å²) < 4.78 is 48.8. The molecule has 1 amide bonds. The number of ether oxygens (including phenoxy) is 2. The molecule has 0 radical (unpaired) electrons. The number of benzene rings is 2. The Morgan fingerprint density at radius 2 is 1.77 bits per heavy atom. The van der Waals surface area contributed by atoms with Gasteiger partial charge in [-0.2, -0.15) is 0 Å². The van der Waals surface area contributed by atoms with E-state index in [1.54, 1.807) is 18.2 Å². The third kappa shape index (κ3) is 4.23. The van der Waals surface area contributed by atoms with Crippen molar-refractivity contribution in [2.75, 3.05) is 35.6 Å². The SMILES string of the molecule is CS(=O)(=O)N(CC(=O)Nc1ccc2c(c1)OCCO2)c1ccc(F)cc1. The van der Waals surface area contributed by atoms with Crippen molar-refractivity contribution >= 4 is 27.3 Å². The molecule has 1 aliphatic rings. The summed E-state index contributed by atoms with van der Waals surface area (Å²) in [7, 11) is -3.73. The van der Waals surface area contributed by atoms with Gasteiger partial charge in [-0.25, -0.2) is 12.8 Å². The zero-order chi connectivity index (χ0) is 18.7. The second-order valence-electron chi connectivity index (χ2n) is 5.65. The quantitative estimate of drug-likeness (QED) is 0.858. The Bertz CT molecular complexity index is 915. The number of carbonyl (C=O) groups is 1. The zero-order valence-electron chi connectivity index (χ0n) is 13.9. The average Bonchev–Trinajstić information content (AvgIpc) is 2.59. The van der Waals surface area contributed by atoms with E-state index in [2.05, 4.69) is 5.32 Å². The summed E-state index contributed by atoms with van der Waals surface area (Å²) in [6.45, 7) is 0.426. The second-order valence-corrected chi connectivity index (χ2v) is 7.56. The Hall–Kier alpha value is -2.81. The molecule has 0 spiro atoms. The van der Waals surface area contributed by atoms with Crippen LogP contribution in [0.3, 0.4) is 0 Å². The Kier molecular flexibility index (Phi) is 4.99. The summed E-state index contributed by atoms with van der Waals surface area (Å²) >= 11 is 0. The van der Waals surface area contributed by atoms with Gasteiger partial charge in [-0.15, -0.1) is 0 Å². The van der Waals surface area contributed by atoms with E-state index < -0.39 is 28.3 Å². The molecule has 0 fully saturated rings. The molecule has 0 bridgehead atoms. The summed E-state index contributed by atoms with van der Waals surface area (Å²) in [5.74, 6) is 0.0465. The van der Waals surface area contributed by atoms with Crippen molar-refractivity contribution in [3.05, 3.63) is 48.3 Å². The second kappa shape index (κ2) is 7.20. The third-order valence-electron chi connectivity index (χ3n) is 3.63. The van der Waals surface area contributed by atoms with Crippen molar-refractivity contribution in [2.45, 2.75) is 0 Å². The first-order valence-corrected chi connectivity index (χ1v) is 9.60. The third-order valence-corrected chi connectivity index (χ3v) is 4.77. The van der Waals surface area contributed by atoms with Crippen LogP contribution in [0.25, 0.3) is 0 Å². The topological polar surface area (TPSA) is 84.9 Å². The Labute approximate surface area is 150 Å². The van der Waals surface area contributed by atoms with E-state index in [0.29, 0.717) is 30.4 Å². The van der Waals surface area contributed by atoms with Crippen molar-refractivity contribution in [3.63, 3.8) is 0 Å². The van der Waals surface area contributed by atoms with Crippen molar-refractivity contribution in [3.8, 4) is 11.5 Å². The molecule has 1 aliphatic heterocycles. The van der Waals surface area contributed by atoms with Gasteiger partial charge in [0.25, 0.3) is 0 Å². The molecule has 2 aromatic carbocycles. The van der Waals surface area contributed by atoms with Gasteiger partial charge in [0.05, 0.1) is 11.9 Å². The van der Waals surface area contributed by atoms with Crippen molar-refractivity contribution in [2.24, 2.45) is 0 Å². The van der Waals surface area contributed by atoms with Crippen LogP contribution in [0.2, 0.25) is 0 Å². The van der Waals surface area contributed by atoms with E-state index in [0.717, 1.165) is 22.7 Å². The van der Waals surface area contributed by atoms with Gasteiger partial charge in [0, 0.05) is 11.8 Å². The number of amides is 1. The van der Waals surface area contributed by atoms with E-state index in [1.165, 1.54) is 12.1 Å². The number of nitrogens with one attached hydrogen (secondary N) is 1. The van der Waals surface area contributed by atoms with Gasteiger partial charge in [0.15, 0.2) is 11.5 Å². The molecule has 0 saturated heterocycles. The van der Waals surface area contributed by atoms with Gasteiger partial charge in [0.1, 0.15) is 25.6 Å². The Balaban J connectivity index is 1.75. The smallest absolute Gasteiger partial charge is 0.245 e. The van der Waals surface area contributed by atoms with E-state index in [9.17, 15) is 17.6 Å². The summed E-state index contributed by atoms with van der Waals surface area (Å²) in [5, 5.41) is 2.62. The highest BCUT2D eigenvalue weighted by molar-refractivity contribution is 7.92. The van der Waals surface area contributed by atoms with Gasteiger partial charge in [0.2, 0.25) is 15.9 Å². The largest absolute Gasteiger partial charge is 0.486 e. The van der Waals surface area contributed by atoms with Gasteiger partial charge in [-0.1, -0.05) is 0 Å². The number of hydrogen-bond donors (Lipinski definition) is 1. The van der Waals surface area contributed by atoms with Crippen LogP contribution in [0.5, 0.6) is 11.5 Å². The van der Waals surface area contributed by atoms with Crippen LogP contribution >= 0.6 is 0 Å². The summed E-state index contributed by atoms with van der Waals surface area (Å²) in [6, 6.07) is 9.77. The Morgan fingerprint density at radius 1 is 1.12 bits per heavy atom. The first kappa shape index (κ1) is 18.0. The summed E-state index contributed by atoms with van der Waals surface area (Å²) in [4.78, 5) is 12.3. The fraction of sp³-hybridized carbons (Fsp3) is 0.235. The van der Waals surface area contributed by atoms with Gasteiger partial charge in [-0.3, -0.25) is 9.10 Å². The fourth-order valence-corrected chi connectivity index (χ4v) is 3.32. The molecule has 26 heavy (non-hydrogen) atoms. The van der Waals surface area contributed by atoms with Crippen LogP contribution in [0.15, 0.2) is 42.5 Å². The minimum absolute atomic E-state index is 0.200. The predicted molar refractivity (Wildman–Crippen MR) is 94.7 cm³/mol. The van der Waals surface area contributed by atoms with Crippen LogP contribution in [0.1, 0.15) is 0 Å². The van der Waals surface area contributed by atoms with Crippen molar-refractivity contribution in [1.82, 2.24) is 0 Å². The monoisotopic (exact) mass is 380 g/mol. The molecule has 7 nitrogen and oxygen atoms in total. The van der Waals surface area contributed by atoms with Gasteiger partial charge >= 0.3 is 0 Å². The summed E-state index contributed by atoms with van der Waals surface area (Å²) in [6.07, 6.45) is 0.980. The highest BCUT2D eigenvalue weighted by atomic mass is 32.2. The summed E-state index contributed by atoms with van der Waals surface area (Å²) in [5.41, 5.74) is 0.651. The maximum Gasteiger partial charge on any atom is 0.245 e. The molecule has 0 saturated carbocycles. The standard InChI is InChI=1S/C17H17FN2O5S/c1-26(22,23)20(14-5-2-12(18)3-6-14)11-17(21)19-13-4-7-15-16(10-13)25-9-8-24-15/h2-7,10H,8-9,11H2,1H3,(H,19,21). The molecule has 0 atom stereocenters. The number of fused-ring (bicyclic) bond motifs is 1. The number of nitrogens with zero attached hydrogens (tertiary/aromatic N) is 1. The van der Waals surface area contributed by atoms with Crippen molar-refractivity contribution < 1.29 is 27.1 Å². The molecule has 2 aromatic rings. The minimum Gasteiger partial charge on any atom is -0.486 e. The van der Waals surface area contributed by atoms with Crippen LogP contribution in [-0.2, 0) is 14.8 Å². The lowest BCUT2D eigenvalue weighted by Crippen LogP contribution is -2.37. The lowest BCUT2D eigenvalue weighted by molar-refractivity contribution is -0.114. The number of hydrogen-bond acceptors (Lipinski definition) is 5. The first-order valence-electron chi connectivity index (χ1n) is 7.76. The molecule has 3 rings (SSSR count). The predicted octanol–water partition coefficient (Wildman–Crippen LogP) is 2.00. The minimum atomic E-state index is -3.73. The number of rotatable bonds is 5. The lowest BCUT2D eigenvalue weighted by atomic mass is 10.2.